The van der Waals surface area contributed by atoms with Crippen molar-refractivity contribution in [3.63, 3.8) is 0 Å². The van der Waals surface area contributed by atoms with Crippen molar-refractivity contribution in [3.05, 3.63) is 11.6 Å². The van der Waals surface area contributed by atoms with Gasteiger partial charge in [-0.15, -0.1) is 0 Å². The lowest BCUT2D eigenvalue weighted by atomic mass is 9.52. The lowest BCUT2D eigenvalue weighted by molar-refractivity contribution is -0.248. The molecule has 8 unspecified atom stereocenters. The summed E-state index contributed by atoms with van der Waals surface area (Å²) in [6.07, 6.45) is -3.61. The molecular formula is C34H48O13. The molecule has 11 atom stereocenters. The first-order valence-corrected chi connectivity index (χ1v) is 16.4. The third kappa shape index (κ3) is 6.51. The molecule has 0 radical (unpaired) electrons. The van der Waals surface area contributed by atoms with Crippen molar-refractivity contribution in [1.29, 1.82) is 0 Å². The molecule has 3 fully saturated rings. The van der Waals surface area contributed by atoms with E-state index in [9.17, 15) is 28.8 Å². The first-order chi connectivity index (χ1) is 22.0. The largest absolute Gasteiger partial charge is 0.462 e. The van der Waals surface area contributed by atoms with Gasteiger partial charge in [-0.2, -0.15) is 0 Å². The summed E-state index contributed by atoms with van der Waals surface area (Å²) in [6.45, 7) is 14.2. The lowest BCUT2D eigenvalue weighted by Gasteiger charge is -2.57. The summed E-state index contributed by atoms with van der Waals surface area (Å²) in [5.74, 6) is -5.35. The first-order valence-electron chi connectivity index (χ1n) is 16.4. The van der Waals surface area contributed by atoms with E-state index in [4.69, 9.17) is 33.2 Å². The molecule has 0 amide bonds. The summed E-state index contributed by atoms with van der Waals surface area (Å²) in [4.78, 5) is 77.9. The van der Waals surface area contributed by atoms with Crippen molar-refractivity contribution < 1.29 is 61.9 Å². The maximum Gasteiger partial charge on any atom is 0.342 e. The quantitative estimate of drug-likeness (QED) is 0.152. The normalized spacial score (nSPS) is 40.1. The fraction of sp³-hybridized carbons (Fsp3) is 0.765. The molecule has 2 aliphatic heterocycles. The Hall–Kier alpha value is -3.48. The van der Waals surface area contributed by atoms with Gasteiger partial charge in [-0.1, -0.05) is 33.3 Å². The summed E-state index contributed by atoms with van der Waals surface area (Å²) in [6, 6.07) is 0. The third-order valence-corrected chi connectivity index (χ3v) is 10.2. The van der Waals surface area contributed by atoms with Gasteiger partial charge in [0.15, 0.2) is 17.3 Å². The summed E-state index contributed by atoms with van der Waals surface area (Å²) in [5.41, 5.74) is -3.89. The molecular weight excluding hydrogens is 616 g/mol. The zero-order valence-corrected chi connectivity index (χ0v) is 28.7. The SMILES string of the molecule is CCCC(=O)OC1C/C(C)=C\C2OC(=O)[C@@]3(C)OC23C(OC(C)=O)C2[C@@H](C)C(OC(=O)CCC)CC(OC(C)=O)[C@]2(C)C1OC(C)=O. The van der Waals surface area contributed by atoms with Crippen LogP contribution in [0.2, 0.25) is 0 Å². The van der Waals surface area contributed by atoms with E-state index in [1.54, 1.807) is 33.8 Å². The standard InChI is InChI=1S/C34H48O13/c1-10-12-26(38)44-22-16-24(41-19(5)35)32(8)28(18(22)4)30(43-21(7)37)34-25(46-31(40)33(34,9)47-34)15-17(3)14-23(29(32)42-20(6)36)45-27(39)13-11-2/h15,18,22-25,28-30H,10-14,16H2,1-9H3/b17-15-/t18-,22?,23?,24?,25?,28?,29?,30?,32-,33+,34?/m0/s1. The lowest BCUT2D eigenvalue weighted by Crippen LogP contribution is -2.68. The van der Waals surface area contributed by atoms with Gasteiger partial charge in [-0.05, 0) is 32.8 Å². The molecule has 2 heterocycles. The summed E-state index contributed by atoms with van der Waals surface area (Å²) in [7, 11) is 0. The topological polar surface area (TPSA) is 170 Å². The molecule has 2 saturated heterocycles. The Balaban J connectivity index is 2.06. The van der Waals surface area contributed by atoms with E-state index in [2.05, 4.69) is 0 Å². The van der Waals surface area contributed by atoms with Crippen LogP contribution < -0.4 is 0 Å². The van der Waals surface area contributed by atoms with Crippen LogP contribution in [-0.2, 0) is 61.9 Å². The van der Waals surface area contributed by atoms with Crippen LogP contribution >= 0.6 is 0 Å². The summed E-state index contributed by atoms with van der Waals surface area (Å²) < 4.78 is 42.4. The van der Waals surface area contributed by atoms with Crippen molar-refractivity contribution in [3.8, 4) is 0 Å². The van der Waals surface area contributed by atoms with Crippen LogP contribution in [0, 0.1) is 17.3 Å². The Morgan fingerprint density at radius 2 is 1.36 bits per heavy atom. The predicted molar refractivity (Wildman–Crippen MR) is 162 cm³/mol. The van der Waals surface area contributed by atoms with E-state index in [-0.39, 0.29) is 25.7 Å². The van der Waals surface area contributed by atoms with Crippen LogP contribution in [0.5, 0.6) is 0 Å². The number of hydrogen-bond acceptors (Lipinski definition) is 13. The van der Waals surface area contributed by atoms with Crippen molar-refractivity contribution >= 4 is 35.8 Å². The Labute approximate surface area is 275 Å². The maximum absolute atomic E-state index is 13.3. The van der Waals surface area contributed by atoms with E-state index in [0.29, 0.717) is 18.4 Å². The van der Waals surface area contributed by atoms with E-state index < -0.39 is 101 Å². The number of fused-ring (bicyclic) bond motifs is 1. The van der Waals surface area contributed by atoms with Gasteiger partial charge in [0.2, 0.25) is 0 Å². The monoisotopic (exact) mass is 664 g/mol. The molecule has 4 rings (SSSR count). The smallest absolute Gasteiger partial charge is 0.342 e. The van der Waals surface area contributed by atoms with Crippen molar-refractivity contribution in [2.75, 3.05) is 0 Å². The summed E-state index contributed by atoms with van der Waals surface area (Å²) >= 11 is 0. The highest BCUT2D eigenvalue weighted by Crippen LogP contribution is 2.66. The average Bonchev–Trinajstić information content (AvgIpc) is 3.54. The van der Waals surface area contributed by atoms with Gasteiger partial charge in [0, 0.05) is 58.3 Å². The predicted octanol–water partition coefficient (Wildman–Crippen LogP) is 3.67. The number of esters is 6. The minimum absolute atomic E-state index is 0.00217. The maximum atomic E-state index is 13.3. The van der Waals surface area contributed by atoms with Crippen molar-refractivity contribution in [1.82, 2.24) is 0 Å². The fourth-order valence-corrected chi connectivity index (χ4v) is 8.11. The number of ether oxygens (including phenoxy) is 7. The molecule has 0 aromatic rings. The van der Waals surface area contributed by atoms with Crippen LogP contribution in [-0.4, -0.2) is 83.6 Å². The van der Waals surface area contributed by atoms with Crippen LogP contribution in [0.3, 0.4) is 0 Å². The van der Waals surface area contributed by atoms with Gasteiger partial charge in [-0.3, -0.25) is 24.0 Å². The second-order valence-corrected chi connectivity index (χ2v) is 13.7. The second kappa shape index (κ2) is 13.6. The Morgan fingerprint density at radius 3 is 1.87 bits per heavy atom. The molecule has 13 heteroatoms. The van der Waals surface area contributed by atoms with Gasteiger partial charge in [0.1, 0.15) is 30.5 Å². The molecule has 47 heavy (non-hydrogen) atoms. The molecule has 1 saturated carbocycles. The van der Waals surface area contributed by atoms with E-state index >= 15 is 0 Å². The van der Waals surface area contributed by atoms with Crippen molar-refractivity contribution in [2.45, 2.75) is 149 Å². The molecule has 262 valence electrons. The molecule has 2 aliphatic carbocycles. The van der Waals surface area contributed by atoms with E-state index in [1.165, 1.54) is 20.8 Å². The molecule has 0 aromatic heterocycles. The molecule has 1 spiro atoms. The Morgan fingerprint density at radius 1 is 0.830 bits per heavy atom. The van der Waals surface area contributed by atoms with Gasteiger partial charge in [0.05, 0.1) is 5.41 Å². The number of hydrogen-bond donors (Lipinski definition) is 0. The Kier molecular flexibility index (Phi) is 10.5. The van der Waals surface area contributed by atoms with Gasteiger partial charge in [-0.25, -0.2) is 4.79 Å². The molecule has 0 aromatic carbocycles. The zero-order chi connectivity index (χ0) is 35.1. The highest BCUT2D eigenvalue weighted by atomic mass is 16.7. The number of epoxide rings is 1. The van der Waals surface area contributed by atoms with Crippen LogP contribution in [0.4, 0.5) is 0 Å². The molecule has 0 bridgehead atoms. The third-order valence-electron chi connectivity index (χ3n) is 10.2. The number of carbonyl (C=O) groups is 6. The van der Waals surface area contributed by atoms with Crippen LogP contribution in [0.25, 0.3) is 0 Å². The van der Waals surface area contributed by atoms with Crippen LogP contribution in [0.15, 0.2) is 11.6 Å². The van der Waals surface area contributed by atoms with Gasteiger partial charge < -0.3 is 33.2 Å². The van der Waals surface area contributed by atoms with E-state index in [1.807, 2.05) is 13.8 Å². The van der Waals surface area contributed by atoms with Crippen molar-refractivity contribution in [2.24, 2.45) is 17.3 Å². The van der Waals surface area contributed by atoms with Crippen LogP contribution in [0.1, 0.15) is 101 Å². The average molecular weight is 665 g/mol. The minimum atomic E-state index is -1.53. The molecule has 4 aliphatic rings. The highest BCUT2D eigenvalue weighted by molar-refractivity contribution is 5.89. The van der Waals surface area contributed by atoms with Gasteiger partial charge >= 0.3 is 35.8 Å². The second-order valence-electron chi connectivity index (χ2n) is 13.7. The summed E-state index contributed by atoms with van der Waals surface area (Å²) in [5, 5.41) is 0. The van der Waals surface area contributed by atoms with E-state index in [0.717, 1.165) is 0 Å². The minimum Gasteiger partial charge on any atom is -0.462 e. The zero-order valence-electron chi connectivity index (χ0n) is 28.7. The molecule has 13 nitrogen and oxygen atoms in total. The molecule has 0 N–H and O–H groups in total. The number of rotatable bonds is 9. The highest BCUT2D eigenvalue weighted by Gasteiger charge is 2.87. The number of carbonyl (C=O) groups excluding carboxylic acids is 6. The fourth-order valence-electron chi connectivity index (χ4n) is 8.11. The Bertz CT molecular complexity index is 1320. The van der Waals surface area contributed by atoms with Gasteiger partial charge in [0.25, 0.3) is 0 Å². The first kappa shape index (κ1) is 36.4.